The maximum absolute atomic E-state index is 11.0. The van der Waals surface area contributed by atoms with Crippen LogP contribution >= 0.6 is 0 Å². The van der Waals surface area contributed by atoms with Crippen molar-refractivity contribution in [1.82, 2.24) is 25.1 Å². The van der Waals surface area contributed by atoms with Gasteiger partial charge in [-0.2, -0.15) is 4.80 Å². The number of nitrogens with zero attached hydrogens (tertiary/aromatic N) is 6. The van der Waals surface area contributed by atoms with E-state index in [4.69, 9.17) is 5.11 Å². The number of hydrogen-bond acceptors (Lipinski definition) is 7. The Kier molecular flexibility index (Phi) is 7.65. The summed E-state index contributed by atoms with van der Waals surface area (Å²) in [5, 5.41) is 32.5. The lowest BCUT2D eigenvalue weighted by Gasteiger charge is -2.42. The Hall–Kier alpha value is -4.24. The van der Waals surface area contributed by atoms with Crippen LogP contribution < -0.4 is 4.90 Å². The van der Waals surface area contributed by atoms with Crippen LogP contribution in [0.25, 0.3) is 11.4 Å². The van der Waals surface area contributed by atoms with Gasteiger partial charge in [0.15, 0.2) is 0 Å². The Morgan fingerprint density at radius 2 is 1.74 bits per heavy atom. The Morgan fingerprint density at radius 1 is 0.974 bits per heavy atom. The van der Waals surface area contributed by atoms with Gasteiger partial charge in [0.05, 0.1) is 18.7 Å². The lowest BCUT2D eigenvalue weighted by Crippen LogP contribution is -2.51. The number of carboxylic acid groups (broad SMARTS) is 1. The van der Waals surface area contributed by atoms with Gasteiger partial charge in [0.2, 0.25) is 5.82 Å². The lowest BCUT2D eigenvalue weighted by molar-refractivity contribution is -0.137. The minimum absolute atomic E-state index is 0.0686. The number of tetrazole rings is 1. The summed E-state index contributed by atoms with van der Waals surface area (Å²) in [5.41, 5.74) is 5.05. The van der Waals surface area contributed by atoms with Gasteiger partial charge in [0.25, 0.3) is 0 Å². The van der Waals surface area contributed by atoms with Crippen LogP contribution in [0.3, 0.4) is 0 Å². The maximum Gasteiger partial charge on any atom is 0.305 e. The van der Waals surface area contributed by atoms with Crippen molar-refractivity contribution in [3.8, 4) is 17.1 Å². The normalized spacial score (nSPS) is 16.0. The van der Waals surface area contributed by atoms with Gasteiger partial charge in [-0.1, -0.05) is 66.7 Å². The first-order chi connectivity index (χ1) is 18.5. The third kappa shape index (κ3) is 5.84. The van der Waals surface area contributed by atoms with E-state index in [2.05, 4.69) is 62.5 Å². The first-order valence-corrected chi connectivity index (χ1v) is 12.9. The number of carboxylic acids is 1. The van der Waals surface area contributed by atoms with Crippen molar-refractivity contribution in [3.05, 3.63) is 89.5 Å². The van der Waals surface area contributed by atoms with E-state index in [1.54, 1.807) is 6.07 Å². The van der Waals surface area contributed by atoms with Crippen molar-refractivity contribution >= 4 is 11.7 Å². The number of hydrogen-bond donors (Lipinski definition) is 2. The molecule has 38 heavy (non-hydrogen) atoms. The topological polar surface area (TPSA) is 108 Å². The fourth-order valence-electron chi connectivity index (χ4n) is 5.14. The standard InChI is InChI=1S/C29H32N6O3/c1-21-19-33(20-22-8-3-2-4-9-22)16-17-34(21)28-24(11-7-13-26(28)36)18-23-10-5-6-12-25(23)29-30-32-35(31-29)15-14-27(37)38/h2-13,21,36H,14-20H2,1H3,(H,37,38)/t21-/m0/s1. The van der Waals surface area contributed by atoms with Crippen LogP contribution in [0.2, 0.25) is 0 Å². The molecular weight excluding hydrogens is 480 g/mol. The number of benzene rings is 3. The van der Waals surface area contributed by atoms with Gasteiger partial charge in [-0.25, -0.2) is 0 Å². The molecule has 1 saturated heterocycles. The highest BCUT2D eigenvalue weighted by Gasteiger charge is 2.27. The molecule has 1 fully saturated rings. The number of piperazine rings is 1. The third-order valence-corrected chi connectivity index (χ3v) is 6.96. The van der Waals surface area contributed by atoms with Gasteiger partial charge in [0.1, 0.15) is 5.75 Å². The number of aryl methyl sites for hydroxylation is 1. The quantitative estimate of drug-likeness (QED) is 0.349. The molecule has 0 aliphatic carbocycles. The molecule has 3 aromatic carbocycles. The highest BCUT2D eigenvalue weighted by molar-refractivity contribution is 5.68. The number of aromatic hydroxyl groups is 1. The van der Waals surface area contributed by atoms with Crippen molar-refractivity contribution < 1.29 is 15.0 Å². The number of carbonyl (C=O) groups is 1. The van der Waals surface area contributed by atoms with Crippen LogP contribution in [0.15, 0.2) is 72.8 Å². The largest absolute Gasteiger partial charge is 0.506 e. The number of anilines is 1. The van der Waals surface area contributed by atoms with Gasteiger partial charge in [-0.15, -0.1) is 10.2 Å². The van der Waals surface area contributed by atoms with Gasteiger partial charge >= 0.3 is 5.97 Å². The zero-order valence-corrected chi connectivity index (χ0v) is 21.4. The van der Waals surface area contributed by atoms with Crippen LogP contribution in [0.5, 0.6) is 5.75 Å². The second-order valence-corrected chi connectivity index (χ2v) is 9.73. The Bertz CT molecular complexity index is 1390. The zero-order valence-electron chi connectivity index (χ0n) is 21.4. The molecule has 1 aliphatic rings. The van der Waals surface area contributed by atoms with E-state index < -0.39 is 5.97 Å². The number of aromatic nitrogens is 4. The monoisotopic (exact) mass is 512 g/mol. The summed E-state index contributed by atoms with van der Waals surface area (Å²) in [6.07, 6.45) is 0.515. The molecule has 2 N–H and O–H groups in total. The molecule has 4 aromatic rings. The summed E-state index contributed by atoms with van der Waals surface area (Å²) in [4.78, 5) is 17.0. The summed E-state index contributed by atoms with van der Waals surface area (Å²) in [5.74, 6) is -0.174. The Balaban J connectivity index is 1.36. The molecule has 9 nitrogen and oxygen atoms in total. The number of phenolic OH excluding ortho intramolecular Hbond substituents is 1. The summed E-state index contributed by atoms with van der Waals surface area (Å²) in [6.45, 7) is 5.92. The fourth-order valence-corrected chi connectivity index (χ4v) is 5.14. The van der Waals surface area contributed by atoms with Crippen LogP contribution in [0, 0.1) is 0 Å². The molecule has 9 heteroatoms. The smallest absolute Gasteiger partial charge is 0.305 e. The zero-order chi connectivity index (χ0) is 26.5. The molecule has 5 rings (SSSR count). The number of rotatable bonds is 9. The lowest BCUT2D eigenvalue weighted by atomic mass is 9.96. The Morgan fingerprint density at radius 3 is 2.53 bits per heavy atom. The second kappa shape index (κ2) is 11.4. The van der Waals surface area contributed by atoms with Gasteiger partial charge in [-0.05, 0) is 34.9 Å². The number of para-hydroxylation sites is 1. The highest BCUT2D eigenvalue weighted by atomic mass is 16.4. The molecule has 1 aliphatic heterocycles. The number of phenols is 1. The van der Waals surface area contributed by atoms with Gasteiger partial charge in [0, 0.05) is 44.2 Å². The summed E-state index contributed by atoms with van der Waals surface area (Å²) >= 11 is 0. The van der Waals surface area contributed by atoms with Crippen molar-refractivity contribution in [2.75, 3.05) is 24.5 Å². The molecule has 2 heterocycles. The molecule has 1 atom stereocenters. The molecule has 1 aromatic heterocycles. The van der Waals surface area contributed by atoms with Crippen LogP contribution in [0.1, 0.15) is 30.0 Å². The van der Waals surface area contributed by atoms with E-state index in [0.717, 1.165) is 48.6 Å². The van der Waals surface area contributed by atoms with Crippen molar-refractivity contribution in [2.45, 2.75) is 38.9 Å². The SMILES string of the molecule is C[C@H]1CN(Cc2ccccc2)CCN1c1c(O)cccc1Cc1ccccc1-c1nnn(CCC(=O)O)n1. The molecule has 0 bridgehead atoms. The van der Waals surface area contributed by atoms with E-state index in [-0.39, 0.29) is 24.8 Å². The maximum atomic E-state index is 11.0. The van der Waals surface area contributed by atoms with Crippen molar-refractivity contribution in [1.29, 1.82) is 0 Å². The fraction of sp³-hybridized carbons (Fsp3) is 0.310. The molecule has 0 radical (unpaired) electrons. The van der Waals surface area contributed by atoms with E-state index in [1.165, 1.54) is 10.4 Å². The predicted octanol–water partition coefficient (Wildman–Crippen LogP) is 3.82. The number of aliphatic carboxylic acids is 1. The Labute approximate surface area is 221 Å². The highest BCUT2D eigenvalue weighted by Crippen LogP contribution is 2.36. The van der Waals surface area contributed by atoms with Crippen molar-refractivity contribution in [2.24, 2.45) is 0 Å². The van der Waals surface area contributed by atoms with E-state index in [1.807, 2.05) is 36.4 Å². The van der Waals surface area contributed by atoms with Crippen LogP contribution in [-0.4, -0.2) is 67.0 Å². The third-order valence-electron chi connectivity index (χ3n) is 6.96. The van der Waals surface area contributed by atoms with E-state index >= 15 is 0 Å². The molecule has 0 amide bonds. The minimum atomic E-state index is -0.907. The molecular formula is C29H32N6O3. The van der Waals surface area contributed by atoms with E-state index in [9.17, 15) is 9.90 Å². The second-order valence-electron chi connectivity index (χ2n) is 9.73. The van der Waals surface area contributed by atoms with Crippen molar-refractivity contribution in [3.63, 3.8) is 0 Å². The van der Waals surface area contributed by atoms with Gasteiger partial charge in [-0.3, -0.25) is 9.69 Å². The predicted molar refractivity (Wildman–Crippen MR) is 145 cm³/mol. The first-order valence-electron chi connectivity index (χ1n) is 12.9. The summed E-state index contributed by atoms with van der Waals surface area (Å²) in [7, 11) is 0. The minimum Gasteiger partial charge on any atom is -0.506 e. The van der Waals surface area contributed by atoms with Gasteiger partial charge < -0.3 is 15.1 Å². The molecule has 196 valence electrons. The first kappa shape index (κ1) is 25.4. The molecule has 0 spiro atoms. The molecule has 0 unspecified atom stereocenters. The summed E-state index contributed by atoms with van der Waals surface area (Å²) in [6, 6.07) is 24.3. The van der Waals surface area contributed by atoms with Crippen LogP contribution in [-0.2, 0) is 24.3 Å². The summed E-state index contributed by atoms with van der Waals surface area (Å²) < 4.78 is 0. The van der Waals surface area contributed by atoms with E-state index in [0.29, 0.717) is 12.2 Å². The average molecular weight is 513 g/mol. The van der Waals surface area contributed by atoms with Crippen LogP contribution in [0.4, 0.5) is 5.69 Å². The average Bonchev–Trinajstić information content (AvgIpc) is 3.38. The molecule has 0 saturated carbocycles.